The van der Waals surface area contributed by atoms with Crippen molar-refractivity contribution in [3.8, 4) is 0 Å². The Morgan fingerprint density at radius 3 is 2.57 bits per heavy atom. The Bertz CT molecular complexity index is 467. The maximum atomic E-state index is 14.3. The van der Waals surface area contributed by atoms with E-state index in [-0.39, 0.29) is 36.3 Å². The van der Waals surface area contributed by atoms with Crippen molar-refractivity contribution in [2.75, 3.05) is 32.8 Å². The first-order valence-corrected chi connectivity index (χ1v) is 8.04. The Hall–Kier alpha value is 0.0500. The molecule has 0 saturated carbocycles. The van der Waals surface area contributed by atoms with Crippen LogP contribution in [0.5, 0.6) is 0 Å². The second-order valence-electron chi connectivity index (χ2n) is 6.00. The molecule has 1 atom stereocenters. The van der Waals surface area contributed by atoms with Crippen molar-refractivity contribution < 1.29 is 9.50 Å². The number of halogens is 3. The van der Waals surface area contributed by atoms with Gasteiger partial charge in [-0.2, -0.15) is 0 Å². The molecule has 120 valence electrons. The fraction of sp³-hybridized carbons (Fsp3) is 0.600. The second kappa shape index (κ2) is 8.06. The number of aliphatic hydroxyl groups excluding tert-OH is 1. The molecule has 0 radical (unpaired) electrons. The highest BCUT2D eigenvalue weighted by Crippen LogP contribution is 2.39. The van der Waals surface area contributed by atoms with E-state index in [1.165, 1.54) is 6.07 Å². The van der Waals surface area contributed by atoms with Gasteiger partial charge in [-0.1, -0.05) is 13.8 Å². The standard InChI is InChI=1S/C15H22FIN2O.ClH/c1-15(2,10-20)14(19-7-5-18-6-8-19)12-9-11(17)3-4-13(12)16;/h3-4,9,14,18,20H,5-8,10H2,1-2H3;1H/t14-;/m0./s1. The summed E-state index contributed by atoms with van der Waals surface area (Å²) >= 11 is 2.21. The summed E-state index contributed by atoms with van der Waals surface area (Å²) in [6.07, 6.45) is 0. The summed E-state index contributed by atoms with van der Waals surface area (Å²) in [6, 6.07) is 5.10. The van der Waals surface area contributed by atoms with Crippen molar-refractivity contribution in [3.05, 3.63) is 33.1 Å². The minimum atomic E-state index is -0.386. The number of nitrogens with zero attached hydrogens (tertiary/aromatic N) is 1. The molecule has 1 aliphatic rings. The first kappa shape index (κ1) is 19.1. The van der Waals surface area contributed by atoms with Crippen LogP contribution < -0.4 is 5.32 Å². The van der Waals surface area contributed by atoms with E-state index in [1.807, 2.05) is 19.9 Å². The highest BCUT2D eigenvalue weighted by molar-refractivity contribution is 14.1. The molecule has 0 amide bonds. The molecule has 2 rings (SSSR count). The van der Waals surface area contributed by atoms with E-state index in [4.69, 9.17) is 0 Å². The largest absolute Gasteiger partial charge is 0.396 e. The summed E-state index contributed by atoms with van der Waals surface area (Å²) in [7, 11) is 0. The highest BCUT2D eigenvalue weighted by Gasteiger charge is 2.37. The van der Waals surface area contributed by atoms with Crippen molar-refractivity contribution in [1.82, 2.24) is 10.2 Å². The molecule has 0 aromatic heterocycles. The van der Waals surface area contributed by atoms with Crippen molar-refractivity contribution in [2.45, 2.75) is 19.9 Å². The van der Waals surface area contributed by atoms with Gasteiger partial charge in [-0.05, 0) is 40.8 Å². The minimum Gasteiger partial charge on any atom is -0.396 e. The number of aliphatic hydroxyl groups is 1. The van der Waals surface area contributed by atoms with E-state index < -0.39 is 0 Å². The number of benzene rings is 1. The van der Waals surface area contributed by atoms with Crippen LogP contribution in [0.2, 0.25) is 0 Å². The van der Waals surface area contributed by atoms with Gasteiger partial charge in [0.15, 0.2) is 0 Å². The maximum Gasteiger partial charge on any atom is 0.128 e. The number of hydrogen-bond donors (Lipinski definition) is 2. The number of rotatable bonds is 4. The van der Waals surface area contributed by atoms with Gasteiger partial charge >= 0.3 is 0 Å². The van der Waals surface area contributed by atoms with E-state index in [0.717, 1.165) is 29.7 Å². The quantitative estimate of drug-likeness (QED) is 0.724. The molecule has 1 saturated heterocycles. The van der Waals surface area contributed by atoms with Crippen LogP contribution in [-0.2, 0) is 0 Å². The van der Waals surface area contributed by atoms with E-state index in [1.54, 1.807) is 6.07 Å². The monoisotopic (exact) mass is 428 g/mol. The van der Waals surface area contributed by atoms with Crippen LogP contribution in [0.3, 0.4) is 0 Å². The predicted molar refractivity (Wildman–Crippen MR) is 94.4 cm³/mol. The number of hydrogen-bond acceptors (Lipinski definition) is 3. The van der Waals surface area contributed by atoms with Gasteiger partial charge < -0.3 is 10.4 Å². The lowest BCUT2D eigenvalue weighted by Gasteiger charge is -2.43. The number of piperazine rings is 1. The normalized spacial score (nSPS) is 18.1. The zero-order chi connectivity index (χ0) is 14.8. The Labute approximate surface area is 145 Å². The molecule has 0 unspecified atom stereocenters. The van der Waals surface area contributed by atoms with Crippen LogP contribution >= 0.6 is 35.0 Å². The van der Waals surface area contributed by atoms with E-state index in [0.29, 0.717) is 5.56 Å². The molecule has 1 aliphatic heterocycles. The zero-order valence-corrected chi connectivity index (χ0v) is 15.4. The second-order valence-corrected chi connectivity index (χ2v) is 7.25. The molecule has 1 aromatic rings. The Morgan fingerprint density at radius 2 is 2.00 bits per heavy atom. The minimum absolute atomic E-state index is 0. The van der Waals surface area contributed by atoms with Crippen molar-refractivity contribution in [1.29, 1.82) is 0 Å². The van der Waals surface area contributed by atoms with Gasteiger partial charge in [-0.3, -0.25) is 4.90 Å². The van der Waals surface area contributed by atoms with Crippen LogP contribution in [0.25, 0.3) is 0 Å². The van der Waals surface area contributed by atoms with Gasteiger partial charge in [0.25, 0.3) is 0 Å². The van der Waals surface area contributed by atoms with Crippen molar-refractivity contribution >= 4 is 35.0 Å². The summed E-state index contributed by atoms with van der Waals surface area (Å²) in [6.45, 7) is 7.59. The summed E-state index contributed by atoms with van der Waals surface area (Å²) in [5, 5.41) is 13.1. The first-order valence-electron chi connectivity index (χ1n) is 6.96. The maximum absolute atomic E-state index is 14.3. The molecule has 0 spiro atoms. The highest BCUT2D eigenvalue weighted by atomic mass is 127. The molecule has 1 heterocycles. The van der Waals surface area contributed by atoms with Gasteiger partial charge in [-0.25, -0.2) is 4.39 Å². The molecule has 2 N–H and O–H groups in total. The third-order valence-corrected chi connectivity index (χ3v) is 4.59. The molecule has 3 nitrogen and oxygen atoms in total. The predicted octanol–water partition coefficient (Wildman–Crippen LogP) is 2.82. The summed E-state index contributed by atoms with van der Waals surface area (Å²) in [5.41, 5.74) is 0.306. The lowest BCUT2D eigenvalue weighted by Crippen LogP contribution is -2.49. The third-order valence-electron chi connectivity index (χ3n) is 3.92. The topological polar surface area (TPSA) is 35.5 Å². The van der Waals surface area contributed by atoms with Gasteiger partial charge in [0, 0.05) is 53.4 Å². The average Bonchev–Trinajstić information content (AvgIpc) is 2.44. The molecule has 0 bridgehead atoms. The van der Waals surface area contributed by atoms with Gasteiger partial charge in [0.05, 0.1) is 0 Å². The fourth-order valence-electron chi connectivity index (χ4n) is 2.86. The van der Waals surface area contributed by atoms with Gasteiger partial charge in [0.2, 0.25) is 0 Å². The molecule has 21 heavy (non-hydrogen) atoms. The molecule has 1 fully saturated rings. The van der Waals surface area contributed by atoms with Crippen LogP contribution in [-0.4, -0.2) is 42.8 Å². The van der Waals surface area contributed by atoms with E-state index >= 15 is 0 Å². The van der Waals surface area contributed by atoms with Crippen molar-refractivity contribution in [2.24, 2.45) is 5.41 Å². The lowest BCUT2D eigenvalue weighted by atomic mass is 9.79. The van der Waals surface area contributed by atoms with E-state index in [9.17, 15) is 9.50 Å². The van der Waals surface area contributed by atoms with Crippen LogP contribution in [0, 0.1) is 14.8 Å². The first-order chi connectivity index (χ1) is 9.45. The molecule has 1 aromatic carbocycles. The fourth-order valence-corrected chi connectivity index (χ4v) is 3.38. The zero-order valence-electron chi connectivity index (χ0n) is 12.4. The van der Waals surface area contributed by atoms with Crippen LogP contribution in [0.15, 0.2) is 18.2 Å². The molecule has 0 aliphatic carbocycles. The molecular weight excluding hydrogens is 406 g/mol. The Morgan fingerprint density at radius 1 is 1.38 bits per heavy atom. The van der Waals surface area contributed by atoms with Crippen LogP contribution in [0.4, 0.5) is 4.39 Å². The third kappa shape index (κ3) is 4.51. The Kier molecular flexibility index (Phi) is 7.33. The lowest BCUT2D eigenvalue weighted by molar-refractivity contribution is 0.0286. The summed E-state index contributed by atoms with van der Waals surface area (Å²) < 4.78 is 15.3. The molecule has 6 heteroatoms. The van der Waals surface area contributed by atoms with Crippen LogP contribution in [0.1, 0.15) is 25.5 Å². The van der Waals surface area contributed by atoms with Gasteiger partial charge in [0.1, 0.15) is 5.82 Å². The molecular formula is C15H23ClFIN2O. The number of nitrogens with one attached hydrogen (secondary N) is 1. The SMILES string of the molecule is CC(C)(CO)[C@H](c1cc(I)ccc1F)N1CCNCC1.Cl. The average molecular weight is 429 g/mol. The van der Waals surface area contributed by atoms with E-state index in [2.05, 4.69) is 32.8 Å². The smallest absolute Gasteiger partial charge is 0.128 e. The summed E-state index contributed by atoms with van der Waals surface area (Å²) in [4.78, 5) is 2.28. The van der Waals surface area contributed by atoms with Crippen molar-refractivity contribution in [3.63, 3.8) is 0 Å². The summed E-state index contributed by atoms with van der Waals surface area (Å²) in [5.74, 6) is -0.185. The van der Waals surface area contributed by atoms with Gasteiger partial charge in [-0.15, -0.1) is 12.4 Å². The Balaban J connectivity index is 0.00000220.